The molecule has 0 unspecified atom stereocenters. The molecular weight excluding hydrogens is 358 g/mol. The van der Waals surface area contributed by atoms with Crippen LogP contribution in [0.15, 0.2) is 48.0 Å². The van der Waals surface area contributed by atoms with E-state index in [0.717, 1.165) is 48.4 Å². The molecule has 6 heteroatoms. The number of nitrogens with zero attached hydrogens (tertiary/aromatic N) is 2. The minimum absolute atomic E-state index is 0.169. The average molecular weight is 382 g/mol. The first-order chi connectivity index (χ1) is 13.2. The van der Waals surface area contributed by atoms with E-state index in [-0.39, 0.29) is 5.91 Å². The summed E-state index contributed by atoms with van der Waals surface area (Å²) in [6, 6.07) is 12.2. The number of ether oxygens (including phenoxy) is 1. The molecule has 0 atom stereocenters. The molecule has 1 N–H and O–H groups in total. The summed E-state index contributed by atoms with van der Waals surface area (Å²) in [7, 11) is 1.64. The first-order valence-corrected chi connectivity index (χ1v) is 10.1. The topological polar surface area (TPSA) is 54.5 Å². The molecule has 1 saturated heterocycles. The number of anilines is 1. The molecule has 1 amide bonds. The lowest BCUT2D eigenvalue weighted by Gasteiger charge is -2.33. The first-order valence-electron chi connectivity index (χ1n) is 9.23. The van der Waals surface area contributed by atoms with Crippen LogP contribution in [0, 0.1) is 0 Å². The van der Waals surface area contributed by atoms with Gasteiger partial charge in [-0.25, -0.2) is 0 Å². The number of benzene rings is 1. The van der Waals surface area contributed by atoms with E-state index in [2.05, 4.69) is 15.7 Å². The molecule has 5 nitrogen and oxygen atoms in total. The third kappa shape index (κ3) is 3.90. The van der Waals surface area contributed by atoms with Crippen molar-refractivity contribution in [1.82, 2.24) is 9.88 Å². The zero-order valence-electron chi connectivity index (χ0n) is 15.4. The van der Waals surface area contributed by atoms with Crippen molar-refractivity contribution in [3.05, 3.63) is 53.5 Å². The Labute approximate surface area is 163 Å². The predicted molar refractivity (Wildman–Crippen MR) is 110 cm³/mol. The number of pyridine rings is 1. The van der Waals surface area contributed by atoms with E-state index in [9.17, 15) is 4.79 Å². The van der Waals surface area contributed by atoms with Gasteiger partial charge >= 0.3 is 0 Å². The molecular formula is C21H23N3O2S. The summed E-state index contributed by atoms with van der Waals surface area (Å²) in [6.07, 6.45) is 4.14. The van der Waals surface area contributed by atoms with Gasteiger partial charge in [-0.2, -0.15) is 0 Å². The van der Waals surface area contributed by atoms with Gasteiger partial charge < -0.3 is 15.0 Å². The fourth-order valence-corrected chi connectivity index (χ4v) is 4.43. The van der Waals surface area contributed by atoms with Crippen LogP contribution in [0.25, 0.3) is 10.2 Å². The second-order valence-electron chi connectivity index (χ2n) is 6.78. The Balaban J connectivity index is 1.34. The van der Waals surface area contributed by atoms with Crippen molar-refractivity contribution in [2.75, 3.05) is 25.5 Å². The number of methoxy groups -OCH3 is 1. The van der Waals surface area contributed by atoms with Gasteiger partial charge in [0.2, 0.25) is 5.91 Å². The van der Waals surface area contributed by atoms with Gasteiger partial charge in [-0.05, 0) is 36.4 Å². The van der Waals surface area contributed by atoms with E-state index in [4.69, 9.17) is 4.74 Å². The number of rotatable bonds is 5. The summed E-state index contributed by atoms with van der Waals surface area (Å²) in [5.41, 5.74) is 3.13. The van der Waals surface area contributed by atoms with E-state index in [0.29, 0.717) is 12.5 Å². The molecule has 1 aliphatic heterocycles. The SMILES string of the molecule is COc1ccccc1CC(=O)N1CCC(Nc2ccnc3ccsc23)CC1. The van der Waals surface area contributed by atoms with Crippen LogP contribution in [0.3, 0.4) is 0 Å². The highest BCUT2D eigenvalue weighted by atomic mass is 32.1. The molecule has 1 fully saturated rings. The first kappa shape index (κ1) is 17.8. The lowest BCUT2D eigenvalue weighted by molar-refractivity contribution is -0.131. The average Bonchev–Trinajstić information content (AvgIpc) is 3.19. The summed E-state index contributed by atoms with van der Waals surface area (Å²) in [6.45, 7) is 1.56. The Morgan fingerprint density at radius 3 is 2.89 bits per heavy atom. The number of thiophene rings is 1. The molecule has 1 aliphatic rings. The maximum absolute atomic E-state index is 12.7. The molecule has 3 heterocycles. The highest BCUT2D eigenvalue weighted by Gasteiger charge is 2.23. The fraction of sp³-hybridized carbons (Fsp3) is 0.333. The van der Waals surface area contributed by atoms with Crippen LogP contribution in [0.4, 0.5) is 5.69 Å². The van der Waals surface area contributed by atoms with Crippen molar-refractivity contribution in [1.29, 1.82) is 0 Å². The second-order valence-corrected chi connectivity index (χ2v) is 7.70. The smallest absolute Gasteiger partial charge is 0.227 e. The van der Waals surface area contributed by atoms with Gasteiger partial charge in [0.1, 0.15) is 5.75 Å². The monoisotopic (exact) mass is 381 g/mol. The van der Waals surface area contributed by atoms with Crippen LogP contribution in [0.2, 0.25) is 0 Å². The normalized spacial score (nSPS) is 15.1. The van der Waals surface area contributed by atoms with Crippen LogP contribution in [-0.4, -0.2) is 42.0 Å². The van der Waals surface area contributed by atoms with Crippen molar-refractivity contribution in [3.63, 3.8) is 0 Å². The Hall–Kier alpha value is -2.60. The number of piperidine rings is 1. The molecule has 0 bridgehead atoms. The molecule has 4 rings (SSSR count). The van der Waals surface area contributed by atoms with Gasteiger partial charge in [0, 0.05) is 30.9 Å². The summed E-state index contributed by atoms with van der Waals surface area (Å²) in [5.74, 6) is 0.947. The van der Waals surface area contributed by atoms with E-state index < -0.39 is 0 Å². The van der Waals surface area contributed by atoms with Crippen LogP contribution < -0.4 is 10.1 Å². The molecule has 0 spiro atoms. The van der Waals surface area contributed by atoms with Gasteiger partial charge in [0.15, 0.2) is 0 Å². The number of aromatic nitrogens is 1. The number of carbonyl (C=O) groups is 1. The predicted octanol–water partition coefficient (Wildman–Crippen LogP) is 3.95. The van der Waals surface area contributed by atoms with Crippen LogP contribution in [-0.2, 0) is 11.2 Å². The number of para-hydroxylation sites is 1. The lowest BCUT2D eigenvalue weighted by atomic mass is 10.0. The maximum Gasteiger partial charge on any atom is 0.227 e. The Morgan fingerprint density at radius 2 is 2.07 bits per heavy atom. The fourth-order valence-electron chi connectivity index (χ4n) is 3.60. The van der Waals surface area contributed by atoms with E-state index >= 15 is 0 Å². The lowest BCUT2D eigenvalue weighted by Crippen LogP contribution is -2.43. The highest BCUT2D eigenvalue weighted by molar-refractivity contribution is 7.17. The molecule has 2 aromatic heterocycles. The summed E-state index contributed by atoms with van der Waals surface area (Å²) in [5, 5.41) is 5.72. The molecule has 0 radical (unpaired) electrons. The van der Waals surface area contributed by atoms with E-state index in [1.54, 1.807) is 18.4 Å². The molecule has 140 valence electrons. The van der Waals surface area contributed by atoms with Crippen molar-refractivity contribution in [2.45, 2.75) is 25.3 Å². The quantitative estimate of drug-likeness (QED) is 0.727. The molecule has 1 aromatic carbocycles. The Morgan fingerprint density at radius 1 is 1.26 bits per heavy atom. The van der Waals surface area contributed by atoms with Gasteiger partial charge in [-0.1, -0.05) is 18.2 Å². The molecule has 0 saturated carbocycles. The Bertz CT molecular complexity index is 932. The molecule has 0 aliphatic carbocycles. The number of hydrogen-bond acceptors (Lipinski definition) is 5. The van der Waals surface area contributed by atoms with Gasteiger partial charge in [0.25, 0.3) is 0 Å². The van der Waals surface area contributed by atoms with E-state index in [1.165, 1.54) is 4.70 Å². The zero-order chi connectivity index (χ0) is 18.6. The van der Waals surface area contributed by atoms with Gasteiger partial charge in [-0.15, -0.1) is 11.3 Å². The van der Waals surface area contributed by atoms with Crippen molar-refractivity contribution >= 4 is 33.1 Å². The third-order valence-corrected chi connectivity index (χ3v) is 6.02. The van der Waals surface area contributed by atoms with Gasteiger partial charge in [-0.3, -0.25) is 9.78 Å². The van der Waals surface area contributed by atoms with Crippen LogP contribution in [0.1, 0.15) is 18.4 Å². The standard InChI is InChI=1S/C21H23N3O2S/c1-26-19-5-3-2-4-15(19)14-20(25)24-11-7-16(8-12-24)23-18-6-10-22-17-9-13-27-21(17)18/h2-6,9-10,13,16H,7-8,11-12,14H2,1H3,(H,22,23). The zero-order valence-corrected chi connectivity index (χ0v) is 16.2. The summed E-state index contributed by atoms with van der Waals surface area (Å²) in [4.78, 5) is 19.0. The highest BCUT2D eigenvalue weighted by Crippen LogP contribution is 2.29. The van der Waals surface area contributed by atoms with Crippen molar-refractivity contribution < 1.29 is 9.53 Å². The second kappa shape index (κ2) is 7.96. The third-order valence-electron chi connectivity index (χ3n) is 5.09. The molecule has 3 aromatic rings. The number of fused-ring (bicyclic) bond motifs is 1. The minimum atomic E-state index is 0.169. The number of likely N-dealkylation sites (tertiary alicyclic amines) is 1. The van der Waals surface area contributed by atoms with Crippen molar-refractivity contribution in [3.8, 4) is 5.75 Å². The number of carbonyl (C=O) groups excluding carboxylic acids is 1. The van der Waals surface area contributed by atoms with Gasteiger partial charge in [0.05, 0.1) is 29.4 Å². The number of nitrogens with one attached hydrogen (secondary N) is 1. The van der Waals surface area contributed by atoms with Crippen molar-refractivity contribution in [2.24, 2.45) is 0 Å². The minimum Gasteiger partial charge on any atom is -0.496 e. The maximum atomic E-state index is 12.7. The Kier molecular flexibility index (Phi) is 5.25. The van der Waals surface area contributed by atoms with E-state index in [1.807, 2.05) is 47.5 Å². The van der Waals surface area contributed by atoms with Crippen LogP contribution >= 0.6 is 11.3 Å². The number of amides is 1. The summed E-state index contributed by atoms with van der Waals surface area (Å²) < 4.78 is 6.56. The summed E-state index contributed by atoms with van der Waals surface area (Å²) >= 11 is 1.71. The molecule has 27 heavy (non-hydrogen) atoms. The van der Waals surface area contributed by atoms with Crippen LogP contribution in [0.5, 0.6) is 5.75 Å². The number of hydrogen-bond donors (Lipinski definition) is 1. The largest absolute Gasteiger partial charge is 0.496 e.